The van der Waals surface area contributed by atoms with E-state index in [2.05, 4.69) is 46.3 Å². The smallest absolute Gasteiger partial charge is 0.128 e. The monoisotopic (exact) mass is 383 g/mol. The van der Waals surface area contributed by atoms with Gasteiger partial charge in [0.2, 0.25) is 0 Å². The van der Waals surface area contributed by atoms with Crippen LogP contribution in [0.4, 0.5) is 5.82 Å². The highest BCUT2D eigenvalue weighted by atomic mass is 15.2. The minimum atomic E-state index is 0.551. The first kappa shape index (κ1) is 17.4. The minimum Gasteiger partial charge on any atom is -0.356 e. The van der Waals surface area contributed by atoms with Gasteiger partial charge in [-0.05, 0) is 30.5 Å². The van der Waals surface area contributed by atoms with Crippen LogP contribution in [0, 0.1) is 17.2 Å². The van der Waals surface area contributed by atoms with Crippen LogP contribution < -0.4 is 4.90 Å². The molecule has 7 nitrogen and oxygen atoms in total. The number of nitriles is 1. The first-order chi connectivity index (χ1) is 14.1. The Hall–Kier alpha value is -3.66. The lowest BCUT2D eigenvalue weighted by molar-refractivity contribution is 0.659. The molecule has 29 heavy (non-hydrogen) atoms. The summed E-state index contributed by atoms with van der Waals surface area (Å²) >= 11 is 0. The van der Waals surface area contributed by atoms with Crippen LogP contribution in [0.1, 0.15) is 18.9 Å². The first-order valence-corrected chi connectivity index (χ1v) is 9.74. The molecule has 0 aromatic carbocycles. The van der Waals surface area contributed by atoms with E-state index in [1.54, 1.807) is 15.4 Å². The van der Waals surface area contributed by atoms with Crippen molar-refractivity contribution in [1.82, 2.24) is 24.4 Å². The summed E-state index contributed by atoms with van der Waals surface area (Å²) in [7, 11) is 1.90. The Labute approximate surface area is 168 Å². The van der Waals surface area contributed by atoms with Gasteiger partial charge in [0.15, 0.2) is 0 Å². The van der Waals surface area contributed by atoms with Crippen molar-refractivity contribution in [1.29, 1.82) is 5.26 Å². The number of aryl methyl sites for hydroxylation is 1. The summed E-state index contributed by atoms with van der Waals surface area (Å²) in [4.78, 5) is 7.05. The van der Waals surface area contributed by atoms with Crippen molar-refractivity contribution >= 4 is 11.3 Å². The number of anilines is 1. The van der Waals surface area contributed by atoms with Gasteiger partial charge in [0.25, 0.3) is 0 Å². The summed E-state index contributed by atoms with van der Waals surface area (Å²) in [5.41, 5.74) is 5.24. The maximum absolute atomic E-state index is 9.56. The van der Waals surface area contributed by atoms with E-state index in [0.717, 1.165) is 46.7 Å². The molecule has 1 aliphatic rings. The fraction of sp³-hybridized carbons (Fsp3) is 0.273. The average Bonchev–Trinajstić information content (AvgIpc) is 3.47. The summed E-state index contributed by atoms with van der Waals surface area (Å²) in [5, 5.41) is 18.2. The molecule has 5 heterocycles. The van der Waals surface area contributed by atoms with Crippen LogP contribution in [0.2, 0.25) is 0 Å². The molecule has 0 radical (unpaired) electrons. The second-order valence-electron chi connectivity index (χ2n) is 7.75. The fourth-order valence-corrected chi connectivity index (χ4v) is 4.03. The van der Waals surface area contributed by atoms with E-state index in [4.69, 9.17) is 4.98 Å². The number of rotatable bonds is 3. The molecule has 0 bridgehead atoms. The van der Waals surface area contributed by atoms with Crippen LogP contribution in [-0.2, 0) is 7.05 Å². The summed E-state index contributed by atoms with van der Waals surface area (Å²) < 4.78 is 3.54. The lowest BCUT2D eigenvalue weighted by Crippen LogP contribution is -2.20. The number of hydrogen-bond donors (Lipinski definition) is 0. The third kappa shape index (κ3) is 3.03. The predicted molar refractivity (Wildman–Crippen MR) is 111 cm³/mol. The van der Waals surface area contributed by atoms with Crippen LogP contribution in [0.3, 0.4) is 0 Å². The Kier molecular flexibility index (Phi) is 4.06. The lowest BCUT2D eigenvalue weighted by Gasteiger charge is -2.17. The predicted octanol–water partition coefficient (Wildman–Crippen LogP) is 3.51. The summed E-state index contributed by atoms with van der Waals surface area (Å²) in [6, 6.07) is 8.50. The first-order valence-electron chi connectivity index (χ1n) is 9.74. The van der Waals surface area contributed by atoms with E-state index in [1.807, 2.05) is 31.8 Å². The van der Waals surface area contributed by atoms with E-state index in [0.29, 0.717) is 11.5 Å². The zero-order valence-corrected chi connectivity index (χ0v) is 16.4. The normalized spacial score (nSPS) is 16.4. The van der Waals surface area contributed by atoms with Gasteiger partial charge < -0.3 is 4.90 Å². The van der Waals surface area contributed by atoms with Gasteiger partial charge in [-0.25, -0.2) is 9.50 Å². The number of pyridine rings is 2. The molecule has 0 spiro atoms. The number of fused-ring (bicyclic) bond motifs is 1. The Bertz CT molecular complexity index is 1230. The molecule has 0 N–H and O–H groups in total. The largest absolute Gasteiger partial charge is 0.356 e. The summed E-state index contributed by atoms with van der Waals surface area (Å²) in [5.74, 6) is 1.71. The molecule has 1 aliphatic heterocycles. The highest BCUT2D eigenvalue weighted by molar-refractivity contribution is 5.87. The molecule has 0 aliphatic carbocycles. The number of aromatic nitrogens is 5. The summed E-state index contributed by atoms with van der Waals surface area (Å²) in [6.07, 6.45) is 10.4. The second kappa shape index (κ2) is 6.74. The topological polar surface area (TPSA) is 75.0 Å². The van der Waals surface area contributed by atoms with Gasteiger partial charge in [-0.2, -0.15) is 15.5 Å². The molecule has 1 unspecified atom stereocenters. The van der Waals surface area contributed by atoms with Crippen LogP contribution in [-0.4, -0.2) is 37.5 Å². The van der Waals surface area contributed by atoms with Crippen LogP contribution in [0.15, 0.2) is 49.2 Å². The van der Waals surface area contributed by atoms with Crippen LogP contribution >= 0.6 is 0 Å². The Balaban J connectivity index is 1.63. The van der Waals surface area contributed by atoms with Crippen molar-refractivity contribution in [3.05, 3.63) is 54.7 Å². The molecule has 1 saturated heterocycles. The Morgan fingerprint density at radius 1 is 1.07 bits per heavy atom. The van der Waals surface area contributed by atoms with Crippen molar-refractivity contribution < 1.29 is 0 Å². The van der Waals surface area contributed by atoms with Crippen molar-refractivity contribution in [2.24, 2.45) is 13.0 Å². The molecular weight excluding hydrogens is 362 g/mol. The number of hydrogen-bond acceptors (Lipinski definition) is 5. The zero-order valence-electron chi connectivity index (χ0n) is 16.4. The van der Waals surface area contributed by atoms with Crippen LogP contribution in [0.25, 0.3) is 27.8 Å². The molecule has 1 atom stereocenters. The van der Waals surface area contributed by atoms with Gasteiger partial charge in [-0.3, -0.25) is 4.68 Å². The zero-order chi connectivity index (χ0) is 20.0. The molecule has 5 rings (SSSR count). The van der Waals surface area contributed by atoms with E-state index < -0.39 is 0 Å². The quantitative estimate of drug-likeness (QED) is 0.541. The molecule has 4 aromatic rings. The Morgan fingerprint density at radius 3 is 2.62 bits per heavy atom. The van der Waals surface area contributed by atoms with E-state index >= 15 is 0 Å². The molecule has 1 fully saturated rings. The highest BCUT2D eigenvalue weighted by Gasteiger charge is 2.20. The maximum atomic E-state index is 9.56. The molecular formula is C22H21N7. The molecule has 0 amide bonds. The van der Waals surface area contributed by atoms with Crippen molar-refractivity contribution in [3.63, 3.8) is 0 Å². The third-order valence-electron chi connectivity index (χ3n) is 5.58. The van der Waals surface area contributed by atoms with E-state index in [-0.39, 0.29) is 0 Å². The van der Waals surface area contributed by atoms with Crippen LogP contribution in [0.5, 0.6) is 0 Å². The molecule has 144 valence electrons. The van der Waals surface area contributed by atoms with Crippen molar-refractivity contribution in [3.8, 4) is 28.3 Å². The van der Waals surface area contributed by atoms with Gasteiger partial charge in [-0.15, -0.1) is 0 Å². The average molecular weight is 383 g/mol. The Morgan fingerprint density at radius 2 is 1.97 bits per heavy atom. The van der Waals surface area contributed by atoms with Crippen molar-refractivity contribution in [2.45, 2.75) is 13.3 Å². The van der Waals surface area contributed by atoms with Gasteiger partial charge in [0.05, 0.1) is 23.5 Å². The maximum Gasteiger partial charge on any atom is 0.128 e. The van der Waals surface area contributed by atoms with E-state index in [1.165, 1.54) is 6.42 Å². The minimum absolute atomic E-state index is 0.551. The highest BCUT2D eigenvalue weighted by Crippen LogP contribution is 2.32. The third-order valence-corrected chi connectivity index (χ3v) is 5.58. The van der Waals surface area contributed by atoms with Gasteiger partial charge in [-0.1, -0.05) is 6.92 Å². The van der Waals surface area contributed by atoms with Crippen molar-refractivity contribution in [2.75, 3.05) is 18.0 Å². The number of nitrogens with zero attached hydrogens (tertiary/aromatic N) is 7. The summed E-state index contributed by atoms with van der Waals surface area (Å²) in [6.45, 7) is 4.38. The SMILES string of the molecule is CC1CCN(c2ccc(-c3cc(-c4cnn(C)c4)cn4ncc(C#N)c34)cn2)C1. The fourth-order valence-electron chi connectivity index (χ4n) is 4.03. The molecule has 0 saturated carbocycles. The standard InChI is InChI=1S/C22H21N7/c1-15-5-6-28(12-15)21-4-3-16(9-24-21)20-7-17(19-11-25-27(2)13-19)14-29-22(20)18(8-23)10-26-29/h3-4,7,9-11,13-15H,5-6,12H2,1-2H3. The lowest BCUT2D eigenvalue weighted by atomic mass is 10.0. The molecule has 7 heteroatoms. The van der Waals surface area contributed by atoms with Gasteiger partial charge in [0.1, 0.15) is 11.9 Å². The van der Waals surface area contributed by atoms with Gasteiger partial charge in [0, 0.05) is 61.0 Å². The van der Waals surface area contributed by atoms with E-state index in [9.17, 15) is 5.26 Å². The van der Waals surface area contributed by atoms with Gasteiger partial charge >= 0.3 is 0 Å². The second-order valence-corrected chi connectivity index (χ2v) is 7.75. The molecule has 4 aromatic heterocycles.